The van der Waals surface area contributed by atoms with E-state index >= 15 is 0 Å². The molecule has 1 aromatic carbocycles. The number of nitrogens with zero attached hydrogens (tertiary/aromatic N) is 4. The zero-order chi connectivity index (χ0) is 19.2. The summed E-state index contributed by atoms with van der Waals surface area (Å²) in [5.74, 6) is -1.32. The monoisotopic (exact) mass is 369 g/mol. The summed E-state index contributed by atoms with van der Waals surface area (Å²) >= 11 is 0. The summed E-state index contributed by atoms with van der Waals surface area (Å²) in [6.45, 7) is 0. The molecule has 0 aliphatic carbocycles. The van der Waals surface area contributed by atoms with Crippen LogP contribution in [0.1, 0.15) is 10.4 Å². The third-order valence-electron chi connectivity index (χ3n) is 3.35. The van der Waals surface area contributed by atoms with E-state index in [0.717, 1.165) is 6.33 Å². The predicted octanol–water partition coefficient (Wildman–Crippen LogP) is 2.42. The van der Waals surface area contributed by atoms with Crippen LogP contribution in [0.2, 0.25) is 0 Å². The van der Waals surface area contributed by atoms with Gasteiger partial charge in [0.2, 0.25) is 11.6 Å². The number of rotatable bonds is 6. The maximum absolute atomic E-state index is 13.0. The number of carbonyl (C=O) groups is 1. The van der Waals surface area contributed by atoms with Gasteiger partial charge in [-0.15, -0.1) is 0 Å². The van der Waals surface area contributed by atoms with Gasteiger partial charge in [0.1, 0.15) is 12.1 Å². The molecule has 27 heavy (non-hydrogen) atoms. The molecular formula is C16H12FN7O3. The molecule has 3 aromatic rings. The first-order valence-corrected chi connectivity index (χ1v) is 7.53. The molecule has 3 rings (SSSR count). The van der Waals surface area contributed by atoms with Crippen LogP contribution >= 0.6 is 0 Å². The van der Waals surface area contributed by atoms with E-state index < -0.39 is 22.3 Å². The van der Waals surface area contributed by atoms with E-state index in [1.165, 1.54) is 48.8 Å². The lowest BCUT2D eigenvalue weighted by atomic mass is 10.2. The fourth-order valence-corrected chi connectivity index (χ4v) is 2.10. The Bertz CT molecular complexity index is 968. The third kappa shape index (κ3) is 4.28. The molecule has 0 bridgehead atoms. The van der Waals surface area contributed by atoms with Crippen molar-refractivity contribution in [1.29, 1.82) is 0 Å². The lowest BCUT2D eigenvalue weighted by Crippen LogP contribution is -2.30. The van der Waals surface area contributed by atoms with Crippen LogP contribution in [-0.4, -0.2) is 25.8 Å². The number of amides is 1. The maximum Gasteiger partial charge on any atom is 0.355 e. The minimum atomic E-state index is -0.702. The van der Waals surface area contributed by atoms with Crippen molar-refractivity contribution >= 4 is 28.9 Å². The van der Waals surface area contributed by atoms with E-state index in [0.29, 0.717) is 11.3 Å². The van der Waals surface area contributed by atoms with Gasteiger partial charge in [0.25, 0.3) is 5.91 Å². The average Bonchev–Trinajstić information content (AvgIpc) is 2.68. The summed E-state index contributed by atoms with van der Waals surface area (Å²) in [6.07, 6.45) is 3.96. The third-order valence-corrected chi connectivity index (χ3v) is 3.35. The van der Waals surface area contributed by atoms with Crippen LogP contribution in [0.3, 0.4) is 0 Å². The Morgan fingerprint density at radius 2 is 1.70 bits per heavy atom. The van der Waals surface area contributed by atoms with Crippen LogP contribution in [0, 0.1) is 15.9 Å². The van der Waals surface area contributed by atoms with Crippen LogP contribution < -0.4 is 16.2 Å². The normalized spacial score (nSPS) is 10.1. The number of hydrogen-bond donors (Lipinski definition) is 3. The molecule has 0 saturated heterocycles. The summed E-state index contributed by atoms with van der Waals surface area (Å²) in [5, 5.41) is 14.2. The molecule has 11 heteroatoms. The quantitative estimate of drug-likeness (QED) is 0.445. The van der Waals surface area contributed by atoms with Gasteiger partial charge in [-0.1, -0.05) is 0 Å². The van der Waals surface area contributed by atoms with Gasteiger partial charge in [-0.2, -0.15) is 0 Å². The van der Waals surface area contributed by atoms with Crippen LogP contribution in [0.5, 0.6) is 0 Å². The molecule has 0 spiro atoms. The Morgan fingerprint density at radius 3 is 2.37 bits per heavy atom. The van der Waals surface area contributed by atoms with E-state index in [4.69, 9.17) is 0 Å². The molecular weight excluding hydrogens is 357 g/mol. The molecule has 136 valence electrons. The summed E-state index contributed by atoms with van der Waals surface area (Å²) in [4.78, 5) is 34.2. The number of nitrogens with one attached hydrogen (secondary N) is 3. The summed E-state index contributed by atoms with van der Waals surface area (Å²) < 4.78 is 13.0. The summed E-state index contributed by atoms with van der Waals surface area (Å²) in [7, 11) is 0. The van der Waals surface area contributed by atoms with Gasteiger partial charge < -0.3 is 5.32 Å². The van der Waals surface area contributed by atoms with E-state index in [-0.39, 0.29) is 11.6 Å². The molecule has 2 heterocycles. The van der Waals surface area contributed by atoms with Crippen molar-refractivity contribution in [2.75, 3.05) is 10.7 Å². The zero-order valence-electron chi connectivity index (χ0n) is 13.6. The van der Waals surface area contributed by atoms with Crippen LogP contribution in [0.15, 0.2) is 55.1 Å². The van der Waals surface area contributed by atoms with Gasteiger partial charge in [0.15, 0.2) is 0 Å². The number of halogens is 1. The second-order valence-electron chi connectivity index (χ2n) is 5.12. The number of benzene rings is 1. The van der Waals surface area contributed by atoms with Gasteiger partial charge in [0, 0.05) is 23.6 Å². The van der Waals surface area contributed by atoms with Gasteiger partial charge in [-0.3, -0.25) is 30.7 Å². The Morgan fingerprint density at radius 1 is 1.04 bits per heavy atom. The highest BCUT2D eigenvalue weighted by Crippen LogP contribution is 2.30. The van der Waals surface area contributed by atoms with Gasteiger partial charge in [-0.25, -0.2) is 14.4 Å². The van der Waals surface area contributed by atoms with E-state index in [1.807, 2.05) is 0 Å². The van der Waals surface area contributed by atoms with Crippen molar-refractivity contribution in [3.63, 3.8) is 0 Å². The summed E-state index contributed by atoms with van der Waals surface area (Å²) in [5.41, 5.74) is 4.94. The van der Waals surface area contributed by atoms with Gasteiger partial charge >= 0.3 is 5.69 Å². The molecule has 0 aliphatic heterocycles. The smallest absolute Gasteiger partial charge is 0.334 e. The fraction of sp³-hybridized carbons (Fsp3) is 0. The number of nitro groups is 1. The number of anilines is 3. The second-order valence-corrected chi connectivity index (χ2v) is 5.12. The topological polar surface area (TPSA) is 135 Å². The minimum Gasteiger partial charge on any atom is -0.334 e. The fourth-order valence-electron chi connectivity index (χ4n) is 2.10. The molecule has 10 nitrogen and oxygen atoms in total. The van der Waals surface area contributed by atoms with Crippen LogP contribution in [-0.2, 0) is 0 Å². The first-order chi connectivity index (χ1) is 13.0. The van der Waals surface area contributed by atoms with Crippen molar-refractivity contribution in [2.24, 2.45) is 0 Å². The predicted molar refractivity (Wildman–Crippen MR) is 93.7 cm³/mol. The number of carbonyl (C=O) groups excluding carboxylic acids is 1. The van der Waals surface area contributed by atoms with E-state index in [9.17, 15) is 19.3 Å². The maximum atomic E-state index is 13.0. The average molecular weight is 369 g/mol. The van der Waals surface area contributed by atoms with Crippen molar-refractivity contribution < 1.29 is 14.1 Å². The highest BCUT2D eigenvalue weighted by Gasteiger charge is 2.23. The van der Waals surface area contributed by atoms with Gasteiger partial charge in [-0.05, 0) is 36.4 Å². The molecule has 1 amide bonds. The Kier molecular flexibility index (Phi) is 5.12. The molecule has 0 fully saturated rings. The first kappa shape index (κ1) is 17.7. The summed E-state index contributed by atoms with van der Waals surface area (Å²) in [6, 6.07) is 8.16. The standard InChI is InChI=1S/C16H12FN7O3/c17-11-1-3-12(4-2-11)21-14-13(24(26)27)15(20-9-19-14)22-23-16(25)10-5-7-18-8-6-10/h1-9H,(H,23,25)(H2,19,20,21,22). The molecule has 0 atom stereocenters. The lowest BCUT2D eigenvalue weighted by molar-refractivity contribution is -0.383. The second kappa shape index (κ2) is 7.82. The minimum absolute atomic E-state index is 0.123. The number of aromatic nitrogens is 3. The molecule has 0 aliphatic rings. The molecule has 0 unspecified atom stereocenters. The highest BCUT2D eigenvalue weighted by molar-refractivity contribution is 5.94. The zero-order valence-corrected chi connectivity index (χ0v) is 13.6. The van der Waals surface area contributed by atoms with Crippen molar-refractivity contribution in [1.82, 2.24) is 20.4 Å². The van der Waals surface area contributed by atoms with Crippen molar-refractivity contribution in [2.45, 2.75) is 0 Å². The lowest BCUT2D eigenvalue weighted by Gasteiger charge is -2.11. The number of pyridine rings is 1. The van der Waals surface area contributed by atoms with E-state index in [1.54, 1.807) is 0 Å². The number of hydrogen-bond acceptors (Lipinski definition) is 8. The van der Waals surface area contributed by atoms with Crippen molar-refractivity contribution in [3.8, 4) is 0 Å². The Balaban J connectivity index is 1.82. The molecule has 0 saturated carbocycles. The number of hydrazine groups is 1. The van der Waals surface area contributed by atoms with E-state index in [2.05, 4.69) is 31.1 Å². The molecule has 0 radical (unpaired) electrons. The highest BCUT2D eigenvalue weighted by atomic mass is 19.1. The molecule has 3 N–H and O–H groups in total. The van der Waals surface area contributed by atoms with Crippen LogP contribution in [0.25, 0.3) is 0 Å². The molecule has 2 aromatic heterocycles. The largest absolute Gasteiger partial charge is 0.355 e. The van der Waals surface area contributed by atoms with Crippen LogP contribution in [0.4, 0.5) is 27.4 Å². The van der Waals surface area contributed by atoms with Crippen molar-refractivity contribution in [3.05, 3.63) is 76.6 Å². The first-order valence-electron chi connectivity index (χ1n) is 7.53. The Hall–Kier alpha value is -4.15. The Labute approximate surface area is 151 Å². The SMILES string of the molecule is O=C(NNc1ncnc(Nc2ccc(F)cc2)c1[N+](=O)[O-])c1ccncc1. The van der Waals surface area contributed by atoms with Gasteiger partial charge in [0.05, 0.1) is 4.92 Å².